The first-order chi connectivity index (χ1) is 13.9. The van der Waals surface area contributed by atoms with Gasteiger partial charge in [0, 0.05) is 17.8 Å². The zero-order valence-electron chi connectivity index (χ0n) is 14.7. The van der Waals surface area contributed by atoms with E-state index in [0.717, 1.165) is 22.5 Å². The standard InChI is InChI=1S/C19H13F3N4O2S/c20-16-4-2-1-3-13(16)10-26(14-5-7-17(21)18(22)9-14)29(27,28)15-6-8-19-24-23-12-25(19)11-15/h1-9,11-12H,10H2. The molecule has 0 spiro atoms. The van der Waals surface area contributed by atoms with Crippen LogP contribution in [-0.4, -0.2) is 23.0 Å². The van der Waals surface area contributed by atoms with Crippen molar-refractivity contribution in [3.8, 4) is 0 Å². The summed E-state index contributed by atoms with van der Waals surface area (Å²) in [6.07, 6.45) is 2.62. The van der Waals surface area contributed by atoms with Crippen molar-refractivity contribution in [3.63, 3.8) is 0 Å². The molecule has 10 heteroatoms. The van der Waals surface area contributed by atoms with Gasteiger partial charge in [0.15, 0.2) is 17.3 Å². The number of halogens is 3. The van der Waals surface area contributed by atoms with Gasteiger partial charge in [0.2, 0.25) is 0 Å². The molecule has 6 nitrogen and oxygen atoms in total. The number of hydrogen-bond acceptors (Lipinski definition) is 4. The maximum absolute atomic E-state index is 14.2. The molecule has 0 bridgehead atoms. The van der Waals surface area contributed by atoms with E-state index in [0.29, 0.717) is 5.65 Å². The Bertz CT molecular complexity index is 1310. The Morgan fingerprint density at radius 3 is 2.48 bits per heavy atom. The van der Waals surface area contributed by atoms with Crippen molar-refractivity contribution >= 4 is 21.4 Å². The Balaban J connectivity index is 1.85. The van der Waals surface area contributed by atoms with E-state index in [1.807, 2.05) is 0 Å². The molecule has 0 saturated heterocycles. The van der Waals surface area contributed by atoms with Crippen LogP contribution in [0.25, 0.3) is 5.65 Å². The molecule has 0 unspecified atom stereocenters. The second-order valence-corrected chi connectivity index (χ2v) is 8.03. The SMILES string of the molecule is O=S(=O)(c1ccc2nncn2c1)N(Cc1ccccc1F)c1ccc(F)c(F)c1. The largest absolute Gasteiger partial charge is 0.288 e. The normalized spacial score (nSPS) is 11.7. The van der Waals surface area contributed by atoms with Crippen LogP contribution in [0.15, 0.2) is 72.0 Å². The lowest BCUT2D eigenvalue weighted by molar-refractivity contribution is 0.508. The van der Waals surface area contributed by atoms with Crippen LogP contribution in [0.5, 0.6) is 0 Å². The van der Waals surface area contributed by atoms with Crippen LogP contribution < -0.4 is 4.31 Å². The molecule has 148 valence electrons. The van der Waals surface area contributed by atoms with Crippen LogP contribution in [0.1, 0.15) is 5.56 Å². The van der Waals surface area contributed by atoms with Crippen LogP contribution in [0.4, 0.5) is 18.9 Å². The first-order valence-corrected chi connectivity index (χ1v) is 9.81. The molecule has 4 aromatic rings. The van der Waals surface area contributed by atoms with Gasteiger partial charge in [-0.3, -0.25) is 8.71 Å². The molecule has 0 N–H and O–H groups in total. The number of rotatable bonds is 5. The zero-order valence-corrected chi connectivity index (χ0v) is 15.5. The summed E-state index contributed by atoms with van der Waals surface area (Å²) in [6.45, 7) is -0.416. The molecule has 2 aromatic heterocycles. The summed E-state index contributed by atoms with van der Waals surface area (Å²) in [5.74, 6) is -2.96. The maximum atomic E-state index is 14.2. The van der Waals surface area contributed by atoms with E-state index in [4.69, 9.17) is 0 Å². The Labute approximate surface area is 163 Å². The number of hydrogen-bond donors (Lipinski definition) is 0. The third-order valence-corrected chi connectivity index (χ3v) is 6.07. The van der Waals surface area contributed by atoms with Gasteiger partial charge >= 0.3 is 0 Å². The van der Waals surface area contributed by atoms with E-state index in [1.165, 1.54) is 47.3 Å². The van der Waals surface area contributed by atoms with Crippen molar-refractivity contribution in [2.24, 2.45) is 0 Å². The summed E-state index contributed by atoms with van der Waals surface area (Å²) in [6, 6.07) is 11.1. The van der Waals surface area contributed by atoms with E-state index in [9.17, 15) is 21.6 Å². The number of aromatic nitrogens is 3. The second kappa shape index (κ2) is 7.21. The van der Waals surface area contributed by atoms with Crippen molar-refractivity contribution < 1.29 is 21.6 Å². The minimum Gasteiger partial charge on any atom is -0.288 e. The van der Waals surface area contributed by atoms with Crippen molar-refractivity contribution in [2.75, 3.05) is 4.31 Å². The lowest BCUT2D eigenvalue weighted by Crippen LogP contribution is -2.31. The number of fused-ring (bicyclic) bond motifs is 1. The molecule has 29 heavy (non-hydrogen) atoms. The molecule has 4 rings (SSSR count). The van der Waals surface area contributed by atoms with E-state index in [1.54, 1.807) is 6.07 Å². The van der Waals surface area contributed by atoms with E-state index in [-0.39, 0.29) is 16.1 Å². The molecule has 0 aliphatic rings. The molecular weight excluding hydrogens is 405 g/mol. The van der Waals surface area contributed by atoms with Crippen LogP contribution in [0, 0.1) is 17.5 Å². The third kappa shape index (κ3) is 3.54. The Morgan fingerprint density at radius 2 is 1.72 bits per heavy atom. The number of nitrogens with zero attached hydrogens (tertiary/aromatic N) is 4. The topological polar surface area (TPSA) is 67.6 Å². The monoisotopic (exact) mass is 418 g/mol. The lowest BCUT2D eigenvalue weighted by Gasteiger charge is -2.25. The van der Waals surface area contributed by atoms with Gasteiger partial charge in [0.05, 0.1) is 12.2 Å². The van der Waals surface area contributed by atoms with Crippen LogP contribution in [0.2, 0.25) is 0 Å². The molecule has 0 amide bonds. The zero-order chi connectivity index (χ0) is 20.6. The molecule has 0 aliphatic heterocycles. The van der Waals surface area contributed by atoms with Crippen LogP contribution in [0.3, 0.4) is 0 Å². The van der Waals surface area contributed by atoms with Gasteiger partial charge in [-0.1, -0.05) is 18.2 Å². The highest BCUT2D eigenvalue weighted by atomic mass is 32.2. The number of anilines is 1. The van der Waals surface area contributed by atoms with Gasteiger partial charge in [0.1, 0.15) is 17.0 Å². The smallest absolute Gasteiger partial charge is 0.266 e. The van der Waals surface area contributed by atoms with Gasteiger partial charge in [-0.15, -0.1) is 10.2 Å². The van der Waals surface area contributed by atoms with Gasteiger partial charge < -0.3 is 0 Å². The quantitative estimate of drug-likeness (QED) is 0.497. The summed E-state index contributed by atoms with van der Waals surface area (Å²) in [4.78, 5) is -0.147. The molecule has 0 aliphatic carbocycles. The minimum absolute atomic E-state index is 0.0752. The molecule has 0 fully saturated rings. The summed E-state index contributed by atoms with van der Waals surface area (Å²) in [7, 11) is -4.27. The highest BCUT2D eigenvalue weighted by Crippen LogP contribution is 2.28. The first-order valence-electron chi connectivity index (χ1n) is 8.37. The molecular formula is C19H13F3N4O2S. The van der Waals surface area contributed by atoms with Crippen molar-refractivity contribution in [1.82, 2.24) is 14.6 Å². The maximum Gasteiger partial charge on any atom is 0.266 e. The molecule has 2 aromatic carbocycles. The molecule has 2 heterocycles. The average Bonchev–Trinajstić information content (AvgIpc) is 3.17. The average molecular weight is 418 g/mol. The summed E-state index contributed by atoms with van der Waals surface area (Å²) in [5, 5.41) is 7.50. The molecule has 0 radical (unpaired) electrons. The van der Waals surface area contributed by atoms with E-state index in [2.05, 4.69) is 10.2 Å². The first kappa shape index (κ1) is 18.9. The van der Waals surface area contributed by atoms with E-state index < -0.39 is 34.0 Å². The van der Waals surface area contributed by atoms with Gasteiger partial charge in [-0.05, 0) is 30.3 Å². The van der Waals surface area contributed by atoms with E-state index >= 15 is 0 Å². The summed E-state index contributed by atoms with van der Waals surface area (Å²) >= 11 is 0. The second-order valence-electron chi connectivity index (χ2n) is 6.16. The number of benzene rings is 2. The highest BCUT2D eigenvalue weighted by Gasteiger charge is 2.27. The predicted molar refractivity (Wildman–Crippen MR) is 99.1 cm³/mol. The molecule has 0 atom stereocenters. The van der Waals surface area contributed by atoms with Gasteiger partial charge in [-0.25, -0.2) is 21.6 Å². The molecule has 0 saturated carbocycles. The van der Waals surface area contributed by atoms with Gasteiger partial charge in [0.25, 0.3) is 10.0 Å². The fourth-order valence-corrected chi connectivity index (χ4v) is 4.26. The van der Waals surface area contributed by atoms with Crippen molar-refractivity contribution in [2.45, 2.75) is 11.4 Å². The number of pyridine rings is 1. The fraction of sp³-hybridized carbons (Fsp3) is 0.0526. The lowest BCUT2D eigenvalue weighted by atomic mass is 10.2. The fourth-order valence-electron chi connectivity index (χ4n) is 2.82. The van der Waals surface area contributed by atoms with Crippen molar-refractivity contribution in [3.05, 3.63) is 90.1 Å². The Morgan fingerprint density at radius 1 is 0.931 bits per heavy atom. The third-order valence-electron chi connectivity index (χ3n) is 4.31. The number of sulfonamides is 1. The highest BCUT2D eigenvalue weighted by molar-refractivity contribution is 7.92. The summed E-state index contributed by atoms with van der Waals surface area (Å²) < 4.78 is 70.3. The van der Waals surface area contributed by atoms with Crippen LogP contribution in [-0.2, 0) is 16.6 Å². The minimum atomic E-state index is -4.27. The van der Waals surface area contributed by atoms with Gasteiger partial charge in [-0.2, -0.15) is 0 Å². The Kier molecular flexibility index (Phi) is 4.71. The summed E-state index contributed by atoms with van der Waals surface area (Å²) in [5.41, 5.74) is 0.361. The van der Waals surface area contributed by atoms with Crippen molar-refractivity contribution in [1.29, 1.82) is 0 Å². The van der Waals surface area contributed by atoms with Crippen LogP contribution >= 0.6 is 0 Å². The predicted octanol–water partition coefficient (Wildman–Crippen LogP) is 3.54. The Hall–Kier alpha value is -3.40.